The van der Waals surface area contributed by atoms with Crippen LogP contribution in [-0.4, -0.2) is 22.2 Å². The van der Waals surface area contributed by atoms with Gasteiger partial charge in [-0.25, -0.2) is 8.78 Å². The highest BCUT2D eigenvalue weighted by Crippen LogP contribution is 2.59. The van der Waals surface area contributed by atoms with Crippen molar-refractivity contribution in [2.24, 2.45) is 11.3 Å². The Morgan fingerprint density at radius 1 is 1.00 bits per heavy atom. The molecule has 4 nitrogen and oxygen atoms in total. The predicted octanol–water partition coefficient (Wildman–Crippen LogP) is 5.94. The Hall–Kier alpha value is -1.80. The first-order chi connectivity index (χ1) is 13.5. The Balaban J connectivity index is 0.000000166. The second kappa shape index (κ2) is 8.14. The lowest BCUT2D eigenvalue weighted by Crippen LogP contribution is -2.12. The number of hydrogen-bond acceptors (Lipinski definition) is 2. The lowest BCUT2D eigenvalue weighted by atomic mass is 10.0. The molecule has 2 aliphatic carbocycles. The summed E-state index contributed by atoms with van der Waals surface area (Å²) in [4.78, 5) is 21.5. The Bertz CT molecular complexity index is 981. The SMILES string of the molecule is CC1(C(=O)O)CC1c1ccc(Br)cc1F.O=C(O)C1CC1c1ccc(Br)cc1F. The van der Waals surface area contributed by atoms with E-state index < -0.39 is 23.3 Å². The van der Waals surface area contributed by atoms with E-state index in [-0.39, 0.29) is 23.5 Å². The molecule has 0 heterocycles. The van der Waals surface area contributed by atoms with E-state index in [0.29, 0.717) is 32.9 Å². The molecule has 2 aromatic carbocycles. The molecule has 2 fully saturated rings. The summed E-state index contributed by atoms with van der Waals surface area (Å²) in [5, 5.41) is 17.7. The second-order valence-corrected chi connectivity index (χ2v) is 9.43. The van der Waals surface area contributed by atoms with Gasteiger partial charge in [-0.1, -0.05) is 44.0 Å². The van der Waals surface area contributed by atoms with Crippen LogP contribution in [-0.2, 0) is 9.59 Å². The van der Waals surface area contributed by atoms with Crippen LogP contribution in [0.1, 0.15) is 42.7 Å². The zero-order chi connectivity index (χ0) is 21.5. The van der Waals surface area contributed by atoms with Gasteiger partial charge in [-0.2, -0.15) is 0 Å². The van der Waals surface area contributed by atoms with Crippen molar-refractivity contribution in [3.8, 4) is 0 Å². The van der Waals surface area contributed by atoms with Gasteiger partial charge in [0.1, 0.15) is 11.6 Å². The predicted molar refractivity (Wildman–Crippen MR) is 110 cm³/mol. The van der Waals surface area contributed by atoms with Crippen LogP contribution in [0.5, 0.6) is 0 Å². The van der Waals surface area contributed by atoms with Crippen molar-refractivity contribution in [2.75, 3.05) is 0 Å². The maximum absolute atomic E-state index is 13.5. The first-order valence-corrected chi connectivity index (χ1v) is 10.5. The molecule has 0 aliphatic heterocycles. The van der Waals surface area contributed by atoms with Crippen molar-refractivity contribution in [3.63, 3.8) is 0 Å². The molecule has 0 saturated heterocycles. The Labute approximate surface area is 183 Å². The van der Waals surface area contributed by atoms with E-state index in [1.54, 1.807) is 31.2 Å². The number of carboxylic acids is 2. The third-order valence-corrected chi connectivity index (χ3v) is 6.52. The van der Waals surface area contributed by atoms with Crippen LogP contribution in [0.25, 0.3) is 0 Å². The molecule has 0 spiro atoms. The van der Waals surface area contributed by atoms with E-state index in [0.717, 1.165) is 0 Å². The van der Waals surface area contributed by atoms with E-state index in [1.807, 2.05) is 0 Å². The molecule has 0 bridgehead atoms. The molecule has 4 rings (SSSR count). The Kier molecular flexibility index (Phi) is 6.15. The van der Waals surface area contributed by atoms with Crippen molar-refractivity contribution in [2.45, 2.75) is 31.6 Å². The number of rotatable bonds is 4. The molecule has 0 radical (unpaired) electrons. The van der Waals surface area contributed by atoms with Gasteiger partial charge >= 0.3 is 11.9 Å². The van der Waals surface area contributed by atoms with E-state index in [2.05, 4.69) is 31.9 Å². The van der Waals surface area contributed by atoms with Gasteiger partial charge in [-0.15, -0.1) is 0 Å². The largest absolute Gasteiger partial charge is 0.481 e. The maximum atomic E-state index is 13.5. The van der Waals surface area contributed by atoms with E-state index >= 15 is 0 Å². The molecule has 29 heavy (non-hydrogen) atoms. The van der Waals surface area contributed by atoms with Gasteiger partial charge in [0.05, 0.1) is 11.3 Å². The summed E-state index contributed by atoms with van der Waals surface area (Å²) in [5.74, 6) is -3.08. The topological polar surface area (TPSA) is 74.6 Å². The van der Waals surface area contributed by atoms with Gasteiger partial charge in [0.2, 0.25) is 0 Å². The van der Waals surface area contributed by atoms with Crippen LogP contribution in [0.15, 0.2) is 45.3 Å². The van der Waals surface area contributed by atoms with Gasteiger partial charge in [0, 0.05) is 20.8 Å². The number of carboxylic acid groups (broad SMARTS) is 2. The summed E-state index contributed by atoms with van der Waals surface area (Å²) in [5.41, 5.74) is 0.234. The third kappa shape index (κ3) is 4.69. The molecule has 2 N–H and O–H groups in total. The molecule has 2 aliphatic rings. The Morgan fingerprint density at radius 3 is 1.90 bits per heavy atom. The van der Waals surface area contributed by atoms with Gasteiger partial charge in [-0.05, 0) is 55.2 Å². The van der Waals surface area contributed by atoms with Crippen LogP contribution < -0.4 is 0 Å². The normalized spacial score (nSPS) is 26.9. The molecule has 4 atom stereocenters. The fourth-order valence-corrected chi connectivity index (χ4v) is 4.12. The van der Waals surface area contributed by atoms with E-state index in [1.165, 1.54) is 12.1 Å². The molecule has 4 unspecified atom stereocenters. The standard InChI is InChI=1S/C11H10BrFO2.C10H8BrFO2/c1-11(10(14)15)5-8(11)7-3-2-6(12)4-9(7)13;11-5-1-2-6(9(12)3-5)7-4-8(7)10(13)14/h2-4,8H,5H2,1H3,(H,14,15);1-3,7-8H,4H2,(H,13,14). The van der Waals surface area contributed by atoms with Crippen molar-refractivity contribution in [1.29, 1.82) is 0 Å². The first kappa shape index (κ1) is 21.9. The summed E-state index contributed by atoms with van der Waals surface area (Å²) >= 11 is 6.32. The molecule has 0 aromatic heterocycles. The highest BCUT2D eigenvalue weighted by molar-refractivity contribution is 9.10. The van der Waals surface area contributed by atoms with Crippen molar-refractivity contribution >= 4 is 43.8 Å². The van der Waals surface area contributed by atoms with Crippen LogP contribution in [0, 0.1) is 23.0 Å². The number of halogens is 4. The summed E-state index contributed by atoms with van der Waals surface area (Å²) in [6.07, 6.45) is 1.06. The molecule has 154 valence electrons. The number of benzene rings is 2. The Morgan fingerprint density at radius 2 is 1.52 bits per heavy atom. The van der Waals surface area contributed by atoms with Crippen LogP contribution in [0.4, 0.5) is 8.78 Å². The summed E-state index contributed by atoms with van der Waals surface area (Å²) in [7, 11) is 0. The lowest BCUT2D eigenvalue weighted by Gasteiger charge is -2.06. The molecule has 2 saturated carbocycles. The molecular formula is C21H18Br2F2O4. The number of aliphatic carboxylic acids is 2. The highest BCUT2D eigenvalue weighted by atomic mass is 79.9. The van der Waals surface area contributed by atoms with Crippen molar-refractivity contribution < 1.29 is 28.6 Å². The average Bonchev–Trinajstić information content (AvgIpc) is 3.52. The minimum absolute atomic E-state index is 0.138. The number of carbonyl (C=O) groups is 2. The van der Waals surface area contributed by atoms with Gasteiger partial charge in [0.15, 0.2) is 0 Å². The summed E-state index contributed by atoms with van der Waals surface area (Å²) in [6.45, 7) is 1.65. The lowest BCUT2D eigenvalue weighted by molar-refractivity contribution is -0.143. The fourth-order valence-electron chi connectivity index (χ4n) is 3.45. The van der Waals surface area contributed by atoms with Crippen molar-refractivity contribution in [3.05, 3.63) is 68.1 Å². The van der Waals surface area contributed by atoms with Crippen LogP contribution in [0.3, 0.4) is 0 Å². The summed E-state index contributed by atoms with van der Waals surface area (Å²) in [6, 6.07) is 9.50. The minimum Gasteiger partial charge on any atom is -0.481 e. The third-order valence-electron chi connectivity index (χ3n) is 5.53. The molecular weight excluding hydrogens is 514 g/mol. The first-order valence-electron chi connectivity index (χ1n) is 8.90. The molecule has 0 amide bonds. The van der Waals surface area contributed by atoms with Gasteiger partial charge in [0.25, 0.3) is 0 Å². The zero-order valence-electron chi connectivity index (χ0n) is 15.3. The monoisotopic (exact) mass is 530 g/mol. The van der Waals surface area contributed by atoms with Crippen LogP contribution >= 0.6 is 31.9 Å². The second-order valence-electron chi connectivity index (χ2n) is 7.60. The van der Waals surface area contributed by atoms with Crippen LogP contribution in [0.2, 0.25) is 0 Å². The minimum atomic E-state index is -0.852. The quantitative estimate of drug-likeness (QED) is 0.511. The summed E-state index contributed by atoms with van der Waals surface area (Å²) < 4.78 is 28.2. The average molecular weight is 532 g/mol. The van der Waals surface area contributed by atoms with E-state index in [9.17, 15) is 18.4 Å². The van der Waals surface area contributed by atoms with Crippen molar-refractivity contribution in [1.82, 2.24) is 0 Å². The highest BCUT2D eigenvalue weighted by Gasteiger charge is 2.57. The van der Waals surface area contributed by atoms with Gasteiger partial charge in [-0.3, -0.25) is 9.59 Å². The maximum Gasteiger partial charge on any atom is 0.309 e. The smallest absolute Gasteiger partial charge is 0.309 e. The fraction of sp³-hybridized carbons (Fsp3) is 0.333. The van der Waals surface area contributed by atoms with E-state index in [4.69, 9.17) is 10.2 Å². The zero-order valence-corrected chi connectivity index (χ0v) is 18.5. The van der Waals surface area contributed by atoms with Gasteiger partial charge < -0.3 is 10.2 Å². The number of hydrogen-bond donors (Lipinski definition) is 2. The molecule has 2 aromatic rings. The molecule has 8 heteroatoms.